The average molecular weight is 296 g/mol. The van der Waals surface area contributed by atoms with E-state index in [0.717, 1.165) is 4.88 Å². The van der Waals surface area contributed by atoms with Gasteiger partial charge in [0.15, 0.2) is 0 Å². The highest BCUT2D eigenvalue weighted by Gasteiger charge is 2.14. The second-order valence-electron chi connectivity index (χ2n) is 4.35. The Balaban J connectivity index is 2.14. The van der Waals surface area contributed by atoms with Gasteiger partial charge in [-0.05, 0) is 43.7 Å². The highest BCUT2D eigenvalue weighted by molar-refractivity contribution is 7.89. The summed E-state index contributed by atoms with van der Waals surface area (Å²) in [5.74, 6) is 0. The fourth-order valence-corrected chi connectivity index (χ4v) is 3.81. The second kappa shape index (κ2) is 5.32. The Morgan fingerprint density at radius 3 is 2.58 bits per heavy atom. The van der Waals surface area contributed by atoms with Crippen LogP contribution in [0.1, 0.15) is 15.3 Å². The van der Waals surface area contributed by atoms with Crippen molar-refractivity contribution >= 4 is 27.0 Å². The molecule has 2 rings (SSSR count). The molecule has 0 spiro atoms. The van der Waals surface area contributed by atoms with E-state index in [1.54, 1.807) is 23.5 Å². The zero-order chi connectivity index (χ0) is 14.0. The van der Waals surface area contributed by atoms with Crippen molar-refractivity contribution in [3.63, 3.8) is 0 Å². The number of thiophene rings is 1. The summed E-state index contributed by atoms with van der Waals surface area (Å²) < 4.78 is 26.8. The maximum absolute atomic E-state index is 12.1. The van der Waals surface area contributed by atoms with Crippen molar-refractivity contribution in [3.8, 4) is 0 Å². The van der Waals surface area contributed by atoms with Crippen molar-refractivity contribution in [2.75, 3.05) is 5.73 Å². The number of anilines is 1. The molecule has 1 aromatic carbocycles. The molecule has 0 bridgehead atoms. The summed E-state index contributed by atoms with van der Waals surface area (Å²) in [5, 5.41) is 0. The van der Waals surface area contributed by atoms with Gasteiger partial charge >= 0.3 is 0 Å². The molecule has 102 valence electrons. The lowest BCUT2D eigenvalue weighted by Crippen LogP contribution is -2.22. The highest BCUT2D eigenvalue weighted by Crippen LogP contribution is 2.21. The van der Waals surface area contributed by atoms with E-state index < -0.39 is 10.0 Å². The SMILES string of the molecule is Cc1cc(CNS(=O)(=O)c2cccc(N)c2)sc1C. The van der Waals surface area contributed by atoms with Gasteiger partial charge < -0.3 is 5.73 Å². The Morgan fingerprint density at radius 1 is 1.26 bits per heavy atom. The quantitative estimate of drug-likeness (QED) is 0.851. The molecular weight excluding hydrogens is 280 g/mol. The Morgan fingerprint density at radius 2 is 2.00 bits per heavy atom. The van der Waals surface area contributed by atoms with Crippen LogP contribution in [0.25, 0.3) is 0 Å². The minimum atomic E-state index is -3.51. The van der Waals surface area contributed by atoms with Crippen molar-refractivity contribution in [2.24, 2.45) is 0 Å². The van der Waals surface area contributed by atoms with E-state index in [0.29, 0.717) is 12.2 Å². The topological polar surface area (TPSA) is 72.2 Å². The third kappa shape index (κ3) is 3.34. The summed E-state index contributed by atoms with van der Waals surface area (Å²) in [4.78, 5) is 2.40. The van der Waals surface area contributed by atoms with Crippen LogP contribution in [0.3, 0.4) is 0 Å². The molecule has 0 aliphatic carbocycles. The first-order valence-corrected chi connectivity index (χ1v) is 8.09. The van der Waals surface area contributed by atoms with E-state index in [-0.39, 0.29) is 4.90 Å². The van der Waals surface area contributed by atoms with Crippen molar-refractivity contribution in [3.05, 3.63) is 45.6 Å². The molecule has 4 nitrogen and oxygen atoms in total. The number of aryl methyl sites for hydroxylation is 2. The fraction of sp³-hybridized carbons (Fsp3) is 0.231. The van der Waals surface area contributed by atoms with Crippen LogP contribution < -0.4 is 10.5 Å². The molecule has 0 fully saturated rings. The van der Waals surface area contributed by atoms with Gasteiger partial charge in [0.25, 0.3) is 0 Å². The predicted molar refractivity (Wildman–Crippen MR) is 78.7 cm³/mol. The average Bonchev–Trinajstić information content (AvgIpc) is 2.67. The molecular formula is C13H16N2O2S2. The molecule has 2 aromatic rings. The molecule has 0 amide bonds. The summed E-state index contributed by atoms with van der Waals surface area (Å²) >= 11 is 1.60. The first-order valence-electron chi connectivity index (χ1n) is 5.79. The molecule has 6 heteroatoms. The third-order valence-electron chi connectivity index (χ3n) is 2.82. The number of rotatable bonds is 4. The Kier molecular flexibility index (Phi) is 3.93. The van der Waals surface area contributed by atoms with Crippen LogP contribution in [0, 0.1) is 13.8 Å². The monoisotopic (exact) mass is 296 g/mol. The van der Waals surface area contributed by atoms with Crippen LogP contribution in [-0.2, 0) is 16.6 Å². The summed E-state index contributed by atoms with van der Waals surface area (Å²) in [5.41, 5.74) is 7.21. The lowest BCUT2D eigenvalue weighted by Gasteiger charge is -2.06. The van der Waals surface area contributed by atoms with Gasteiger partial charge in [0.2, 0.25) is 10.0 Å². The van der Waals surface area contributed by atoms with Gasteiger partial charge in [-0.15, -0.1) is 11.3 Å². The maximum Gasteiger partial charge on any atom is 0.240 e. The Labute approximate surface area is 117 Å². The fourth-order valence-electron chi connectivity index (χ4n) is 1.67. The number of sulfonamides is 1. The van der Waals surface area contributed by atoms with Crippen LogP contribution in [-0.4, -0.2) is 8.42 Å². The zero-order valence-electron chi connectivity index (χ0n) is 10.8. The number of hydrogen-bond acceptors (Lipinski definition) is 4. The largest absolute Gasteiger partial charge is 0.399 e. The third-order valence-corrected chi connectivity index (χ3v) is 5.37. The van der Waals surface area contributed by atoms with Gasteiger partial charge in [-0.2, -0.15) is 0 Å². The van der Waals surface area contributed by atoms with E-state index in [1.165, 1.54) is 22.6 Å². The normalized spacial score (nSPS) is 11.7. The number of hydrogen-bond donors (Lipinski definition) is 2. The molecule has 0 atom stereocenters. The van der Waals surface area contributed by atoms with Crippen molar-refractivity contribution in [1.29, 1.82) is 0 Å². The maximum atomic E-state index is 12.1. The second-order valence-corrected chi connectivity index (χ2v) is 7.46. The molecule has 1 aromatic heterocycles. The van der Waals surface area contributed by atoms with Gasteiger partial charge in [-0.1, -0.05) is 6.07 Å². The summed E-state index contributed by atoms with van der Waals surface area (Å²) in [6.07, 6.45) is 0. The molecule has 3 N–H and O–H groups in total. The molecule has 0 aliphatic heterocycles. The number of benzene rings is 1. The zero-order valence-corrected chi connectivity index (χ0v) is 12.4. The van der Waals surface area contributed by atoms with Crippen LogP contribution >= 0.6 is 11.3 Å². The van der Waals surface area contributed by atoms with Crippen molar-refractivity contribution in [2.45, 2.75) is 25.3 Å². The van der Waals surface area contributed by atoms with E-state index >= 15 is 0 Å². The molecule has 0 saturated heterocycles. The van der Waals surface area contributed by atoms with Gasteiger partial charge in [0.1, 0.15) is 0 Å². The molecule has 0 unspecified atom stereocenters. The van der Waals surface area contributed by atoms with Crippen LogP contribution in [0.4, 0.5) is 5.69 Å². The molecule has 19 heavy (non-hydrogen) atoms. The number of nitrogens with one attached hydrogen (secondary N) is 1. The molecule has 0 saturated carbocycles. The summed E-state index contributed by atoms with van der Waals surface area (Å²) in [6.45, 7) is 4.34. The smallest absolute Gasteiger partial charge is 0.240 e. The lowest BCUT2D eigenvalue weighted by atomic mass is 10.3. The van der Waals surface area contributed by atoms with Crippen LogP contribution in [0.5, 0.6) is 0 Å². The molecule has 1 heterocycles. The first-order chi connectivity index (χ1) is 8.88. The summed E-state index contributed by atoms with van der Waals surface area (Å²) in [6, 6.07) is 8.27. The van der Waals surface area contributed by atoms with Gasteiger partial charge in [0.05, 0.1) is 4.90 Å². The lowest BCUT2D eigenvalue weighted by molar-refractivity contribution is 0.582. The molecule has 0 aliphatic rings. The minimum Gasteiger partial charge on any atom is -0.399 e. The van der Waals surface area contributed by atoms with Crippen LogP contribution in [0.2, 0.25) is 0 Å². The Hall–Kier alpha value is -1.37. The van der Waals surface area contributed by atoms with E-state index in [4.69, 9.17) is 5.73 Å². The highest BCUT2D eigenvalue weighted by atomic mass is 32.2. The van der Waals surface area contributed by atoms with Gasteiger partial charge in [0, 0.05) is 22.0 Å². The van der Waals surface area contributed by atoms with Crippen molar-refractivity contribution in [1.82, 2.24) is 4.72 Å². The van der Waals surface area contributed by atoms with E-state index in [2.05, 4.69) is 4.72 Å². The van der Waals surface area contributed by atoms with Crippen molar-refractivity contribution < 1.29 is 8.42 Å². The Bertz CT molecular complexity index is 671. The number of nitrogen functional groups attached to an aromatic ring is 1. The molecule has 0 radical (unpaired) electrons. The van der Waals surface area contributed by atoms with Gasteiger partial charge in [-0.3, -0.25) is 0 Å². The standard InChI is InChI=1S/C13H16N2O2S2/c1-9-6-12(18-10(9)2)8-15-19(16,17)13-5-3-4-11(14)7-13/h3-7,15H,8,14H2,1-2H3. The van der Waals surface area contributed by atoms with Gasteiger partial charge in [-0.25, -0.2) is 13.1 Å². The minimum absolute atomic E-state index is 0.192. The summed E-state index contributed by atoms with van der Waals surface area (Å²) in [7, 11) is -3.51. The van der Waals surface area contributed by atoms with E-state index in [9.17, 15) is 8.42 Å². The van der Waals surface area contributed by atoms with Crippen LogP contribution in [0.15, 0.2) is 35.2 Å². The first kappa shape index (κ1) is 14.0. The predicted octanol–water partition coefficient (Wildman–Crippen LogP) is 2.43. The van der Waals surface area contributed by atoms with E-state index in [1.807, 2.05) is 19.9 Å². The number of nitrogens with two attached hydrogens (primary N) is 1.